The third-order valence-corrected chi connectivity index (χ3v) is 7.30. The van der Waals surface area contributed by atoms with Crippen LogP contribution in [0.15, 0.2) is 89.4 Å². The molecule has 5 rings (SSSR count). The van der Waals surface area contributed by atoms with Crippen LogP contribution in [0.2, 0.25) is 0 Å². The normalized spacial score (nSPS) is 13.8. The number of halogens is 1. The zero-order chi connectivity index (χ0) is 20.2. The Bertz CT molecular complexity index is 1180. The highest BCUT2D eigenvalue weighted by Crippen LogP contribution is 2.59. The lowest BCUT2D eigenvalue weighted by Crippen LogP contribution is -2.29. The van der Waals surface area contributed by atoms with Gasteiger partial charge in [0.15, 0.2) is 0 Å². The molecule has 0 aromatic heterocycles. The van der Waals surface area contributed by atoms with Crippen molar-refractivity contribution in [3.63, 3.8) is 0 Å². The first-order valence-corrected chi connectivity index (χ1v) is 10.9. The fourth-order valence-electron chi connectivity index (χ4n) is 5.15. The van der Waals surface area contributed by atoms with E-state index in [2.05, 4.69) is 122 Å². The Kier molecular flexibility index (Phi) is 4.26. The van der Waals surface area contributed by atoms with Crippen molar-refractivity contribution in [1.82, 2.24) is 0 Å². The highest BCUT2D eigenvalue weighted by Gasteiger charge is 2.47. The largest absolute Gasteiger partial charge is 0.0716 e. The van der Waals surface area contributed by atoms with Gasteiger partial charge in [0.05, 0.1) is 5.41 Å². The van der Waals surface area contributed by atoms with Crippen LogP contribution in [0, 0.1) is 20.8 Å². The van der Waals surface area contributed by atoms with E-state index >= 15 is 0 Å². The maximum absolute atomic E-state index is 3.88. The van der Waals surface area contributed by atoms with E-state index in [0.717, 1.165) is 4.47 Å². The minimum Gasteiger partial charge on any atom is -0.0622 e. The number of fused-ring (bicyclic) bond motifs is 3. The molecule has 0 saturated carbocycles. The molecule has 29 heavy (non-hydrogen) atoms. The monoisotopic (exact) mass is 438 g/mol. The van der Waals surface area contributed by atoms with E-state index in [0.29, 0.717) is 0 Å². The van der Waals surface area contributed by atoms with Crippen molar-refractivity contribution in [2.24, 2.45) is 0 Å². The molecule has 0 radical (unpaired) electrons. The minimum atomic E-state index is -0.320. The molecule has 1 aliphatic carbocycles. The average molecular weight is 439 g/mol. The predicted molar refractivity (Wildman–Crippen MR) is 126 cm³/mol. The first-order valence-electron chi connectivity index (χ1n) is 10.1. The van der Waals surface area contributed by atoms with Gasteiger partial charge in [0.25, 0.3) is 0 Å². The van der Waals surface area contributed by atoms with E-state index in [1.165, 1.54) is 50.1 Å². The quantitative estimate of drug-likeness (QED) is 0.264. The first kappa shape index (κ1) is 18.4. The molecule has 4 aromatic rings. The van der Waals surface area contributed by atoms with Crippen LogP contribution < -0.4 is 0 Å². The van der Waals surface area contributed by atoms with Gasteiger partial charge in [-0.1, -0.05) is 94.8 Å². The lowest BCUT2D eigenvalue weighted by Gasteiger charge is -2.35. The van der Waals surface area contributed by atoms with Gasteiger partial charge in [0.1, 0.15) is 0 Å². The summed E-state index contributed by atoms with van der Waals surface area (Å²) in [6, 6.07) is 31.0. The molecule has 0 nitrogen and oxygen atoms in total. The summed E-state index contributed by atoms with van der Waals surface area (Å²) in [6.07, 6.45) is 0. The second kappa shape index (κ2) is 6.71. The third kappa shape index (κ3) is 2.44. The minimum absolute atomic E-state index is 0.320. The summed E-state index contributed by atoms with van der Waals surface area (Å²) in [6.45, 7) is 6.77. The Morgan fingerprint density at radius 1 is 0.655 bits per heavy atom. The Labute approximate surface area is 181 Å². The van der Waals surface area contributed by atoms with Gasteiger partial charge in [-0.25, -0.2) is 0 Å². The summed E-state index contributed by atoms with van der Waals surface area (Å²) in [7, 11) is 0. The fourth-order valence-corrected chi connectivity index (χ4v) is 5.73. The van der Waals surface area contributed by atoms with Crippen LogP contribution in [0.5, 0.6) is 0 Å². The topological polar surface area (TPSA) is 0 Å². The van der Waals surface area contributed by atoms with E-state index in [4.69, 9.17) is 0 Å². The summed E-state index contributed by atoms with van der Waals surface area (Å²) >= 11 is 3.88. The van der Waals surface area contributed by atoms with E-state index < -0.39 is 0 Å². The summed E-state index contributed by atoms with van der Waals surface area (Å²) in [5.41, 5.74) is 11.9. The lowest BCUT2D eigenvalue weighted by atomic mass is 9.66. The van der Waals surface area contributed by atoms with Crippen molar-refractivity contribution in [3.8, 4) is 11.1 Å². The van der Waals surface area contributed by atoms with Crippen LogP contribution in [-0.4, -0.2) is 0 Å². The molecule has 0 N–H and O–H groups in total. The molecule has 0 saturated heterocycles. The molecule has 1 heteroatoms. The van der Waals surface area contributed by atoms with Crippen molar-refractivity contribution in [2.45, 2.75) is 26.2 Å². The fraction of sp³-hybridized carbons (Fsp3) is 0.143. The molecular weight excluding hydrogens is 416 g/mol. The van der Waals surface area contributed by atoms with E-state index in [-0.39, 0.29) is 5.41 Å². The third-order valence-electron chi connectivity index (χ3n) is 6.63. The van der Waals surface area contributed by atoms with Crippen LogP contribution in [0.1, 0.15) is 38.9 Å². The molecule has 0 spiro atoms. The van der Waals surface area contributed by atoms with Gasteiger partial charge in [0, 0.05) is 10.0 Å². The predicted octanol–water partition coefficient (Wildman–Crippen LogP) is 7.74. The Morgan fingerprint density at radius 3 is 1.83 bits per heavy atom. The Hall–Kier alpha value is -2.64. The standard InChI is InChI=1S/C28H23Br/c1-18-17-23-26-24(15-10-16-25(26)29)28(21-11-6-4-7-12-21,22-13-8-5-9-14-22)27(23)20(3)19(18)2/h4-17H,1-3H3. The lowest BCUT2D eigenvalue weighted by molar-refractivity contribution is 0.759. The van der Waals surface area contributed by atoms with Gasteiger partial charge in [-0.05, 0) is 71.3 Å². The smallest absolute Gasteiger partial charge is 0.0622 e. The van der Waals surface area contributed by atoms with Gasteiger partial charge in [-0.2, -0.15) is 0 Å². The van der Waals surface area contributed by atoms with Gasteiger partial charge in [-0.3, -0.25) is 0 Å². The van der Waals surface area contributed by atoms with Crippen LogP contribution in [0.25, 0.3) is 11.1 Å². The van der Waals surface area contributed by atoms with Gasteiger partial charge < -0.3 is 0 Å². The van der Waals surface area contributed by atoms with Gasteiger partial charge >= 0.3 is 0 Å². The molecule has 0 aliphatic heterocycles. The summed E-state index contributed by atoms with van der Waals surface area (Å²) in [4.78, 5) is 0. The van der Waals surface area contributed by atoms with Crippen molar-refractivity contribution in [3.05, 3.63) is 128 Å². The van der Waals surface area contributed by atoms with E-state index in [1.54, 1.807) is 0 Å². The van der Waals surface area contributed by atoms with Gasteiger partial charge in [-0.15, -0.1) is 0 Å². The van der Waals surface area contributed by atoms with Gasteiger partial charge in [0.2, 0.25) is 0 Å². The molecular formula is C28H23Br. The number of hydrogen-bond acceptors (Lipinski definition) is 0. The van der Waals surface area contributed by atoms with Crippen molar-refractivity contribution >= 4 is 15.9 Å². The zero-order valence-electron chi connectivity index (χ0n) is 17.0. The molecule has 4 aromatic carbocycles. The number of aryl methyl sites for hydroxylation is 1. The van der Waals surface area contributed by atoms with E-state index in [1.807, 2.05) is 0 Å². The van der Waals surface area contributed by atoms with Crippen molar-refractivity contribution < 1.29 is 0 Å². The first-order chi connectivity index (χ1) is 14.1. The number of rotatable bonds is 2. The summed E-state index contributed by atoms with van der Waals surface area (Å²) in [5.74, 6) is 0. The highest BCUT2D eigenvalue weighted by atomic mass is 79.9. The van der Waals surface area contributed by atoms with Crippen molar-refractivity contribution in [2.75, 3.05) is 0 Å². The molecule has 0 bridgehead atoms. The molecule has 0 atom stereocenters. The van der Waals surface area contributed by atoms with Crippen molar-refractivity contribution in [1.29, 1.82) is 0 Å². The summed E-state index contributed by atoms with van der Waals surface area (Å²) in [5, 5.41) is 0. The van der Waals surface area contributed by atoms with Crippen LogP contribution in [-0.2, 0) is 5.41 Å². The Balaban J connectivity index is 2.06. The SMILES string of the molecule is Cc1cc2c(c(C)c1C)C(c1ccccc1)(c1ccccc1)c1cccc(Br)c1-2. The number of benzene rings is 4. The second-order valence-corrected chi connectivity index (χ2v) is 8.86. The maximum atomic E-state index is 3.88. The van der Waals surface area contributed by atoms with Crippen LogP contribution in [0.3, 0.4) is 0 Å². The second-order valence-electron chi connectivity index (χ2n) is 8.01. The van der Waals surface area contributed by atoms with E-state index in [9.17, 15) is 0 Å². The molecule has 0 unspecified atom stereocenters. The molecule has 142 valence electrons. The van der Waals surface area contributed by atoms with Crippen LogP contribution >= 0.6 is 15.9 Å². The number of hydrogen-bond donors (Lipinski definition) is 0. The molecule has 0 amide bonds. The highest BCUT2D eigenvalue weighted by molar-refractivity contribution is 9.10. The Morgan fingerprint density at radius 2 is 1.24 bits per heavy atom. The zero-order valence-corrected chi connectivity index (χ0v) is 18.5. The maximum Gasteiger partial charge on any atom is 0.0716 e. The van der Waals surface area contributed by atoms with Crippen LogP contribution in [0.4, 0.5) is 0 Å². The molecule has 0 fully saturated rings. The summed E-state index contributed by atoms with van der Waals surface area (Å²) < 4.78 is 1.16. The molecule has 0 heterocycles. The average Bonchev–Trinajstić information content (AvgIpc) is 3.05. The molecule has 1 aliphatic rings.